The summed E-state index contributed by atoms with van der Waals surface area (Å²) in [5.41, 5.74) is 3.17. The Hall–Kier alpha value is -2.63. The first-order valence-electron chi connectivity index (χ1n) is 5.61. The van der Waals surface area contributed by atoms with Crippen molar-refractivity contribution in [2.24, 2.45) is 0 Å². The predicted molar refractivity (Wildman–Crippen MR) is 67.7 cm³/mol. The third-order valence-electron chi connectivity index (χ3n) is 2.63. The Morgan fingerprint density at radius 3 is 3.00 bits per heavy atom. The molecule has 0 unspecified atom stereocenters. The zero-order chi connectivity index (χ0) is 12.2. The van der Waals surface area contributed by atoms with Crippen LogP contribution >= 0.6 is 0 Å². The summed E-state index contributed by atoms with van der Waals surface area (Å²) in [4.78, 5) is 3.03. The van der Waals surface area contributed by atoms with Gasteiger partial charge in [0.25, 0.3) is 0 Å². The van der Waals surface area contributed by atoms with Crippen molar-refractivity contribution in [1.29, 1.82) is 0 Å². The quantitative estimate of drug-likeness (QED) is 0.649. The second kappa shape index (κ2) is 4.70. The van der Waals surface area contributed by atoms with Gasteiger partial charge < -0.3 is 10.3 Å². The molecule has 3 N–H and O–H groups in total. The molecule has 0 spiro atoms. The van der Waals surface area contributed by atoms with Crippen LogP contribution < -0.4 is 5.32 Å². The van der Waals surface area contributed by atoms with Crippen molar-refractivity contribution < 1.29 is 0 Å². The highest BCUT2D eigenvalue weighted by molar-refractivity contribution is 5.61. The molecule has 2 aromatic heterocycles. The van der Waals surface area contributed by atoms with Gasteiger partial charge in [0.1, 0.15) is 0 Å². The molecule has 2 heterocycles. The molecule has 0 amide bonds. The van der Waals surface area contributed by atoms with Gasteiger partial charge in [-0.15, -0.1) is 10.2 Å². The number of tetrazole rings is 1. The molecule has 3 rings (SSSR count). The fourth-order valence-corrected chi connectivity index (χ4v) is 1.72. The van der Waals surface area contributed by atoms with Crippen molar-refractivity contribution in [3.63, 3.8) is 0 Å². The Labute approximate surface area is 103 Å². The van der Waals surface area contributed by atoms with Gasteiger partial charge in [0, 0.05) is 30.2 Å². The van der Waals surface area contributed by atoms with E-state index in [2.05, 4.69) is 30.9 Å². The van der Waals surface area contributed by atoms with Gasteiger partial charge in [0.15, 0.2) is 0 Å². The number of rotatable bonds is 4. The molecule has 1 aromatic carbocycles. The third-order valence-corrected chi connectivity index (χ3v) is 2.63. The lowest BCUT2D eigenvalue weighted by molar-refractivity contribution is 0.881. The molecule has 0 aliphatic heterocycles. The van der Waals surface area contributed by atoms with Gasteiger partial charge in [-0.2, -0.15) is 5.21 Å². The van der Waals surface area contributed by atoms with Crippen LogP contribution in [0.4, 0.5) is 5.69 Å². The molecule has 0 saturated carbocycles. The number of hydrogen-bond acceptors (Lipinski definition) is 4. The third kappa shape index (κ3) is 2.22. The van der Waals surface area contributed by atoms with Gasteiger partial charge in [0.2, 0.25) is 5.82 Å². The summed E-state index contributed by atoms with van der Waals surface area (Å²) >= 11 is 0. The Kier molecular flexibility index (Phi) is 2.75. The second-order valence-corrected chi connectivity index (χ2v) is 3.89. The van der Waals surface area contributed by atoms with E-state index in [-0.39, 0.29) is 0 Å². The molecule has 0 atom stereocenters. The number of nitrogens with zero attached hydrogens (tertiary/aromatic N) is 3. The fourth-order valence-electron chi connectivity index (χ4n) is 1.72. The fraction of sp³-hybridized carbons (Fsp3) is 0.0833. The maximum Gasteiger partial charge on any atom is 0.204 e. The number of anilines is 1. The van der Waals surface area contributed by atoms with Crippen molar-refractivity contribution in [2.45, 2.75) is 6.54 Å². The van der Waals surface area contributed by atoms with Crippen LogP contribution in [-0.4, -0.2) is 25.6 Å². The Bertz CT molecular complexity index is 599. The second-order valence-electron chi connectivity index (χ2n) is 3.89. The molecular formula is C12H12N6. The Balaban J connectivity index is 1.75. The molecule has 0 aliphatic rings. The largest absolute Gasteiger partial charge is 0.381 e. The minimum Gasteiger partial charge on any atom is -0.381 e. The van der Waals surface area contributed by atoms with Gasteiger partial charge in [-0.05, 0) is 29.0 Å². The first-order valence-corrected chi connectivity index (χ1v) is 5.61. The highest BCUT2D eigenvalue weighted by atomic mass is 15.5. The average molecular weight is 240 g/mol. The van der Waals surface area contributed by atoms with Gasteiger partial charge in [0.05, 0.1) is 0 Å². The molecular weight excluding hydrogens is 228 g/mol. The molecule has 0 fully saturated rings. The lowest BCUT2D eigenvalue weighted by Crippen LogP contribution is -1.98. The summed E-state index contributed by atoms with van der Waals surface area (Å²) < 4.78 is 0. The molecule has 90 valence electrons. The van der Waals surface area contributed by atoms with Crippen LogP contribution in [0.25, 0.3) is 11.4 Å². The topological polar surface area (TPSA) is 82.3 Å². The zero-order valence-corrected chi connectivity index (χ0v) is 9.59. The van der Waals surface area contributed by atoms with Crippen LogP contribution in [-0.2, 0) is 6.54 Å². The van der Waals surface area contributed by atoms with Crippen molar-refractivity contribution in [3.05, 3.63) is 48.3 Å². The molecule has 18 heavy (non-hydrogen) atoms. The van der Waals surface area contributed by atoms with E-state index in [1.54, 1.807) is 0 Å². The number of H-pyrrole nitrogens is 2. The first kappa shape index (κ1) is 10.5. The summed E-state index contributed by atoms with van der Waals surface area (Å²) in [5.74, 6) is 0.597. The molecule has 0 radical (unpaired) electrons. The monoisotopic (exact) mass is 240 g/mol. The minimum absolute atomic E-state index is 0.597. The average Bonchev–Trinajstić information content (AvgIpc) is 3.10. The molecule has 0 bridgehead atoms. The van der Waals surface area contributed by atoms with E-state index in [1.165, 1.54) is 5.56 Å². The van der Waals surface area contributed by atoms with Gasteiger partial charge in [-0.25, -0.2) is 0 Å². The minimum atomic E-state index is 0.597. The van der Waals surface area contributed by atoms with E-state index < -0.39 is 0 Å². The molecule has 3 aromatic rings. The Morgan fingerprint density at radius 1 is 1.22 bits per heavy atom. The van der Waals surface area contributed by atoms with E-state index >= 15 is 0 Å². The van der Waals surface area contributed by atoms with Gasteiger partial charge in [-0.3, -0.25) is 0 Å². The van der Waals surface area contributed by atoms with Crippen molar-refractivity contribution in [1.82, 2.24) is 25.6 Å². The molecule has 0 saturated heterocycles. The van der Waals surface area contributed by atoms with E-state index in [4.69, 9.17) is 0 Å². The SMILES string of the molecule is c1cc(NCc2cc[nH]c2)cc(-c2nn[nH]n2)c1. The normalized spacial score (nSPS) is 10.4. The van der Waals surface area contributed by atoms with Crippen LogP contribution in [0.3, 0.4) is 0 Å². The van der Waals surface area contributed by atoms with Crippen LogP contribution in [0.2, 0.25) is 0 Å². The van der Waals surface area contributed by atoms with Crippen molar-refractivity contribution in [2.75, 3.05) is 5.32 Å². The first-order chi connectivity index (χ1) is 8.92. The summed E-state index contributed by atoms with van der Waals surface area (Å²) in [6, 6.07) is 9.96. The van der Waals surface area contributed by atoms with Gasteiger partial charge in [-0.1, -0.05) is 12.1 Å². The van der Waals surface area contributed by atoms with E-state index in [9.17, 15) is 0 Å². The van der Waals surface area contributed by atoms with E-state index in [1.807, 2.05) is 42.7 Å². The Morgan fingerprint density at radius 2 is 2.22 bits per heavy atom. The lowest BCUT2D eigenvalue weighted by Gasteiger charge is -2.05. The van der Waals surface area contributed by atoms with Crippen molar-refractivity contribution >= 4 is 5.69 Å². The highest BCUT2D eigenvalue weighted by Gasteiger charge is 2.03. The predicted octanol–water partition coefficient (Wildman–Crippen LogP) is 1.81. The molecule has 0 aliphatic carbocycles. The van der Waals surface area contributed by atoms with E-state index in [0.717, 1.165) is 17.8 Å². The summed E-state index contributed by atoms with van der Waals surface area (Å²) in [6.45, 7) is 0.777. The highest BCUT2D eigenvalue weighted by Crippen LogP contribution is 2.18. The van der Waals surface area contributed by atoms with Crippen molar-refractivity contribution in [3.8, 4) is 11.4 Å². The summed E-state index contributed by atoms with van der Waals surface area (Å²) in [7, 11) is 0. The number of nitrogens with one attached hydrogen (secondary N) is 3. The van der Waals surface area contributed by atoms with Crippen LogP contribution in [0, 0.1) is 0 Å². The maximum absolute atomic E-state index is 3.96. The molecule has 6 nitrogen and oxygen atoms in total. The zero-order valence-electron chi connectivity index (χ0n) is 9.59. The van der Waals surface area contributed by atoms with E-state index in [0.29, 0.717) is 5.82 Å². The lowest BCUT2D eigenvalue weighted by atomic mass is 10.2. The molecule has 6 heteroatoms. The van der Waals surface area contributed by atoms with Crippen LogP contribution in [0.15, 0.2) is 42.7 Å². The smallest absolute Gasteiger partial charge is 0.204 e. The summed E-state index contributed by atoms with van der Waals surface area (Å²) in [6.07, 6.45) is 3.88. The van der Waals surface area contributed by atoms with Crippen LogP contribution in [0.5, 0.6) is 0 Å². The maximum atomic E-state index is 3.96. The number of aromatic amines is 2. The standard InChI is InChI=1S/C12H12N6/c1-2-10(12-15-17-18-16-12)6-11(3-1)14-8-9-4-5-13-7-9/h1-7,13-14H,8H2,(H,15,16,17,18). The summed E-state index contributed by atoms with van der Waals surface area (Å²) in [5, 5.41) is 17.3. The van der Waals surface area contributed by atoms with Crippen LogP contribution in [0.1, 0.15) is 5.56 Å². The number of benzene rings is 1. The number of aromatic nitrogens is 5. The number of hydrogen-bond donors (Lipinski definition) is 3. The van der Waals surface area contributed by atoms with Gasteiger partial charge >= 0.3 is 0 Å².